The van der Waals surface area contributed by atoms with Crippen LogP contribution >= 0.6 is 0 Å². The zero-order valence-corrected chi connectivity index (χ0v) is 17.3. The summed E-state index contributed by atoms with van der Waals surface area (Å²) in [5.41, 5.74) is 3.27. The molecule has 0 bridgehead atoms. The van der Waals surface area contributed by atoms with Crippen molar-refractivity contribution in [2.75, 3.05) is 7.11 Å². The molecular formula is C20H17N9O3. The average molecular weight is 431 g/mol. The van der Waals surface area contributed by atoms with Gasteiger partial charge in [-0.1, -0.05) is 5.16 Å². The van der Waals surface area contributed by atoms with Crippen LogP contribution in [0, 0.1) is 18.3 Å². The molecule has 12 nitrogen and oxygen atoms in total. The second-order valence-electron chi connectivity index (χ2n) is 6.91. The molecule has 0 radical (unpaired) electrons. The summed E-state index contributed by atoms with van der Waals surface area (Å²) in [5, 5.41) is 29.8. The number of hydrogen-bond acceptors (Lipinski definition) is 10. The highest BCUT2D eigenvalue weighted by molar-refractivity contribution is 5.74. The van der Waals surface area contributed by atoms with Crippen LogP contribution in [0.5, 0.6) is 11.6 Å². The Hall–Kier alpha value is -4.53. The maximum absolute atomic E-state index is 8.78. The SMILES string of the molecule is COc1cc2nnc(-c3cc(C)on3)n2nc1OCc1ccc2c(cnn2CCC#N)n1. The van der Waals surface area contributed by atoms with Crippen molar-refractivity contribution in [3.8, 4) is 29.2 Å². The number of fused-ring (bicyclic) bond motifs is 2. The van der Waals surface area contributed by atoms with E-state index in [2.05, 4.69) is 36.6 Å². The van der Waals surface area contributed by atoms with Crippen molar-refractivity contribution in [2.45, 2.75) is 26.5 Å². The first kappa shape index (κ1) is 19.4. The Morgan fingerprint density at radius 1 is 1.22 bits per heavy atom. The highest BCUT2D eigenvalue weighted by Gasteiger charge is 2.18. The fourth-order valence-electron chi connectivity index (χ4n) is 3.24. The van der Waals surface area contributed by atoms with Gasteiger partial charge in [0, 0.05) is 12.1 Å². The fraction of sp³-hybridized carbons (Fsp3) is 0.250. The second kappa shape index (κ2) is 7.95. The number of hydrogen-bond donors (Lipinski definition) is 0. The highest BCUT2D eigenvalue weighted by atomic mass is 16.5. The third-order valence-electron chi connectivity index (χ3n) is 4.75. The summed E-state index contributed by atoms with van der Waals surface area (Å²) in [6.45, 7) is 2.47. The van der Waals surface area contributed by atoms with Gasteiger partial charge in [-0.15, -0.1) is 15.3 Å². The lowest BCUT2D eigenvalue weighted by Gasteiger charge is -2.10. The van der Waals surface area contributed by atoms with Gasteiger partial charge in [0.2, 0.25) is 5.82 Å². The Kier molecular flexibility index (Phi) is 4.83. The molecule has 0 aliphatic rings. The predicted octanol–water partition coefficient (Wildman–Crippen LogP) is 2.33. The lowest BCUT2D eigenvalue weighted by molar-refractivity contribution is 0.264. The lowest BCUT2D eigenvalue weighted by Crippen LogP contribution is -2.05. The van der Waals surface area contributed by atoms with E-state index in [4.69, 9.17) is 19.3 Å². The minimum Gasteiger partial charge on any atom is -0.491 e. The largest absolute Gasteiger partial charge is 0.491 e. The molecular weight excluding hydrogens is 414 g/mol. The maximum atomic E-state index is 8.78. The lowest BCUT2D eigenvalue weighted by atomic mass is 10.3. The minimum atomic E-state index is 0.161. The van der Waals surface area contributed by atoms with E-state index in [9.17, 15) is 0 Å². The molecule has 0 saturated heterocycles. The highest BCUT2D eigenvalue weighted by Crippen LogP contribution is 2.28. The molecule has 160 valence electrons. The molecule has 12 heteroatoms. The Labute approximate surface area is 181 Å². The number of aromatic nitrogens is 8. The Balaban J connectivity index is 1.42. The van der Waals surface area contributed by atoms with Crippen LogP contribution in [0.15, 0.2) is 35.0 Å². The summed E-state index contributed by atoms with van der Waals surface area (Å²) in [4.78, 5) is 4.58. The zero-order valence-electron chi connectivity index (χ0n) is 17.3. The van der Waals surface area contributed by atoms with Crippen LogP contribution in [0.1, 0.15) is 17.9 Å². The standard InChI is InChI=1S/C20H17N9O3/c1-12-8-14(27-32-12)19-25-24-18-9-17(30-2)20(26-29(18)19)31-11-13-4-5-16-15(23-13)10-22-28(16)7-3-6-21/h4-5,8-10H,3,7,11H2,1-2H3. The van der Waals surface area contributed by atoms with E-state index < -0.39 is 0 Å². The van der Waals surface area contributed by atoms with Crippen molar-refractivity contribution in [2.24, 2.45) is 0 Å². The van der Waals surface area contributed by atoms with Crippen molar-refractivity contribution in [3.63, 3.8) is 0 Å². The van der Waals surface area contributed by atoms with Gasteiger partial charge < -0.3 is 14.0 Å². The van der Waals surface area contributed by atoms with Crippen molar-refractivity contribution in [1.82, 2.24) is 39.7 Å². The fourth-order valence-corrected chi connectivity index (χ4v) is 3.24. The Bertz CT molecular complexity index is 1460. The van der Waals surface area contributed by atoms with E-state index in [1.807, 2.05) is 12.1 Å². The van der Waals surface area contributed by atoms with Crippen LogP contribution in [-0.2, 0) is 13.2 Å². The summed E-state index contributed by atoms with van der Waals surface area (Å²) in [6, 6.07) is 9.30. The molecule has 0 fully saturated rings. The van der Waals surface area contributed by atoms with Gasteiger partial charge >= 0.3 is 0 Å². The van der Waals surface area contributed by atoms with E-state index in [1.165, 1.54) is 11.6 Å². The summed E-state index contributed by atoms with van der Waals surface area (Å²) in [6.07, 6.45) is 2.05. The number of nitriles is 1. The van der Waals surface area contributed by atoms with E-state index in [1.54, 1.807) is 29.9 Å². The molecule has 5 rings (SSSR count). The first-order chi connectivity index (χ1) is 15.7. The van der Waals surface area contributed by atoms with Gasteiger partial charge in [-0.05, 0) is 19.1 Å². The molecule has 5 aromatic rings. The van der Waals surface area contributed by atoms with Crippen LogP contribution < -0.4 is 9.47 Å². The van der Waals surface area contributed by atoms with Gasteiger partial charge in [-0.2, -0.15) is 14.9 Å². The van der Waals surface area contributed by atoms with Crippen molar-refractivity contribution in [1.29, 1.82) is 5.26 Å². The average Bonchev–Trinajstić information content (AvgIpc) is 3.53. The molecule has 0 spiro atoms. The molecule has 0 saturated carbocycles. The number of nitrogens with zero attached hydrogens (tertiary/aromatic N) is 9. The van der Waals surface area contributed by atoms with E-state index in [0.29, 0.717) is 47.3 Å². The summed E-state index contributed by atoms with van der Waals surface area (Å²) >= 11 is 0. The molecule has 0 unspecified atom stereocenters. The third kappa shape index (κ3) is 3.45. The van der Waals surface area contributed by atoms with Crippen LogP contribution in [0.4, 0.5) is 0 Å². The number of pyridine rings is 1. The minimum absolute atomic E-state index is 0.161. The molecule has 32 heavy (non-hydrogen) atoms. The molecule has 0 N–H and O–H groups in total. The molecule has 0 amide bonds. The third-order valence-corrected chi connectivity index (χ3v) is 4.75. The van der Waals surface area contributed by atoms with Gasteiger partial charge in [-0.3, -0.25) is 4.68 Å². The van der Waals surface area contributed by atoms with Gasteiger partial charge in [-0.25, -0.2) is 4.98 Å². The first-order valence-electron chi connectivity index (χ1n) is 9.71. The van der Waals surface area contributed by atoms with E-state index in [-0.39, 0.29) is 12.5 Å². The van der Waals surface area contributed by atoms with Crippen LogP contribution in [0.3, 0.4) is 0 Å². The molecule has 5 heterocycles. The quantitative estimate of drug-likeness (QED) is 0.377. The Morgan fingerprint density at radius 3 is 2.91 bits per heavy atom. The Morgan fingerprint density at radius 2 is 2.12 bits per heavy atom. The normalized spacial score (nSPS) is 11.2. The maximum Gasteiger partial charge on any atom is 0.275 e. The zero-order chi connectivity index (χ0) is 22.1. The molecule has 5 aromatic heterocycles. The van der Waals surface area contributed by atoms with Gasteiger partial charge in [0.25, 0.3) is 5.88 Å². The second-order valence-corrected chi connectivity index (χ2v) is 6.91. The van der Waals surface area contributed by atoms with E-state index >= 15 is 0 Å². The van der Waals surface area contributed by atoms with E-state index in [0.717, 1.165) is 11.0 Å². The molecule has 0 atom stereocenters. The molecule has 0 aromatic carbocycles. The monoisotopic (exact) mass is 431 g/mol. The number of rotatable bonds is 7. The van der Waals surface area contributed by atoms with Crippen LogP contribution in [0.25, 0.3) is 28.2 Å². The molecule has 0 aliphatic carbocycles. The smallest absolute Gasteiger partial charge is 0.275 e. The topological polar surface area (TPSA) is 142 Å². The van der Waals surface area contributed by atoms with Gasteiger partial charge in [0.05, 0.1) is 43.6 Å². The van der Waals surface area contributed by atoms with Crippen LogP contribution in [0.2, 0.25) is 0 Å². The van der Waals surface area contributed by atoms with Crippen LogP contribution in [-0.4, -0.2) is 46.8 Å². The molecule has 0 aliphatic heterocycles. The number of methoxy groups -OCH3 is 1. The van der Waals surface area contributed by atoms with Gasteiger partial charge in [0.15, 0.2) is 17.1 Å². The van der Waals surface area contributed by atoms with Crippen molar-refractivity contribution in [3.05, 3.63) is 41.9 Å². The van der Waals surface area contributed by atoms with Crippen molar-refractivity contribution < 1.29 is 14.0 Å². The summed E-state index contributed by atoms with van der Waals surface area (Å²) < 4.78 is 19.7. The predicted molar refractivity (Wildman–Crippen MR) is 110 cm³/mol. The number of aryl methyl sites for hydroxylation is 2. The van der Waals surface area contributed by atoms with Gasteiger partial charge in [0.1, 0.15) is 17.9 Å². The number of ether oxygens (including phenoxy) is 2. The van der Waals surface area contributed by atoms with Crippen molar-refractivity contribution >= 4 is 16.7 Å². The summed E-state index contributed by atoms with van der Waals surface area (Å²) in [7, 11) is 1.53. The summed E-state index contributed by atoms with van der Waals surface area (Å²) in [5.74, 6) is 1.75. The first-order valence-corrected chi connectivity index (χ1v) is 9.71.